The van der Waals surface area contributed by atoms with Crippen molar-refractivity contribution in [3.63, 3.8) is 0 Å². The minimum absolute atomic E-state index is 0.696. The summed E-state index contributed by atoms with van der Waals surface area (Å²) in [6, 6.07) is 4.12. The van der Waals surface area contributed by atoms with Gasteiger partial charge < -0.3 is 15.2 Å². The lowest BCUT2D eigenvalue weighted by Gasteiger charge is -2.29. The minimum Gasteiger partial charge on any atom is -0.493 e. The van der Waals surface area contributed by atoms with E-state index in [1.165, 1.54) is 11.1 Å². The van der Waals surface area contributed by atoms with Gasteiger partial charge in [0.25, 0.3) is 0 Å². The maximum atomic E-state index is 5.61. The first kappa shape index (κ1) is 12.2. The molecule has 0 aliphatic carbocycles. The van der Waals surface area contributed by atoms with Crippen LogP contribution in [-0.4, -0.2) is 38.8 Å². The van der Waals surface area contributed by atoms with Crippen LogP contribution in [0.3, 0.4) is 0 Å². The summed E-state index contributed by atoms with van der Waals surface area (Å²) in [4.78, 5) is 2.35. The van der Waals surface area contributed by atoms with Gasteiger partial charge in [-0.3, -0.25) is 4.90 Å². The molecule has 1 aliphatic heterocycles. The highest BCUT2D eigenvalue weighted by molar-refractivity contribution is 5.51. The van der Waals surface area contributed by atoms with Crippen molar-refractivity contribution in [3.05, 3.63) is 23.3 Å². The first-order chi connectivity index (χ1) is 8.30. The normalized spacial score (nSPS) is 15.5. The number of hydrogen-bond acceptors (Lipinski definition) is 4. The molecule has 0 bridgehead atoms. The van der Waals surface area contributed by atoms with Gasteiger partial charge in [-0.1, -0.05) is 6.07 Å². The van der Waals surface area contributed by atoms with Crippen LogP contribution in [0.4, 0.5) is 0 Å². The quantitative estimate of drug-likeness (QED) is 0.848. The highest BCUT2D eigenvalue weighted by Crippen LogP contribution is 2.36. The molecule has 0 saturated carbocycles. The number of benzene rings is 1. The third kappa shape index (κ3) is 2.37. The maximum absolute atomic E-state index is 5.61. The Hall–Kier alpha value is -1.26. The molecule has 1 aliphatic rings. The lowest BCUT2D eigenvalue weighted by molar-refractivity contribution is 0.252. The molecule has 17 heavy (non-hydrogen) atoms. The lowest BCUT2D eigenvalue weighted by atomic mass is 9.98. The van der Waals surface area contributed by atoms with Gasteiger partial charge in [0, 0.05) is 31.7 Å². The maximum Gasteiger partial charge on any atom is 0.165 e. The summed E-state index contributed by atoms with van der Waals surface area (Å²) in [5.74, 6) is 1.67. The van der Waals surface area contributed by atoms with E-state index >= 15 is 0 Å². The Labute approximate surface area is 102 Å². The Kier molecular flexibility index (Phi) is 3.86. The second kappa shape index (κ2) is 5.38. The van der Waals surface area contributed by atoms with Crippen molar-refractivity contribution in [3.8, 4) is 11.5 Å². The van der Waals surface area contributed by atoms with Gasteiger partial charge in [-0.05, 0) is 18.1 Å². The van der Waals surface area contributed by atoms with Gasteiger partial charge in [-0.25, -0.2) is 0 Å². The molecular formula is C13H20N2O2. The molecule has 0 fully saturated rings. The Morgan fingerprint density at radius 2 is 2.12 bits per heavy atom. The van der Waals surface area contributed by atoms with E-state index in [0.717, 1.165) is 37.6 Å². The number of hydrogen-bond donors (Lipinski definition) is 1. The molecule has 1 aromatic carbocycles. The van der Waals surface area contributed by atoms with Gasteiger partial charge in [0.2, 0.25) is 0 Å². The largest absolute Gasteiger partial charge is 0.493 e. The highest BCUT2D eigenvalue weighted by Gasteiger charge is 2.21. The molecule has 0 amide bonds. The van der Waals surface area contributed by atoms with Gasteiger partial charge in [0.15, 0.2) is 11.5 Å². The van der Waals surface area contributed by atoms with E-state index in [1.807, 2.05) is 6.07 Å². The molecule has 1 heterocycles. The van der Waals surface area contributed by atoms with Crippen LogP contribution in [0.25, 0.3) is 0 Å². The summed E-state index contributed by atoms with van der Waals surface area (Å²) in [6.45, 7) is 3.59. The van der Waals surface area contributed by atoms with Crippen LogP contribution >= 0.6 is 0 Å². The monoisotopic (exact) mass is 236 g/mol. The number of ether oxygens (including phenoxy) is 2. The number of methoxy groups -OCH3 is 2. The van der Waals surface area contributed by atoms with Gasteiger partial charge in [0.1, 0.15) is 0 Å². The summed E-state index contributed by atoms with van der Waals surface area (Å²) < 4.78 is 10.8. The topological polar surface area (TPSA) is 47.7 Å². The van der Waals surface area contributed by atoms with Crippen LogP contribution in [0.15, 0.2) is 12.1 Å². The van der Waals surface area contributed by atoms with Crippen molar-refractivity contribution in [2.24, 2.45) is 5.73 Å². The molecule has 0 aromatic heterocycles. The summed E-state index contributed by atoms with van der Waals surface area (Å²) >= 11 is 0. The standard InChI is InChI=1S/C13H20N2O2/c1-16-12-4-3-10-5-7-15(8-6-14)9-11(10)13(12)17-2/h3-4H,5-9,14H2,1-2H3. The van der Waals surface area contributed by atoms with E-state index < -0.39 is 0 Å². The zero-order valence-electron chi connectivity index (χ0n) is 10.5. The highest BCUT2D eigenvalue weighted by atomic mass is 16.5. The van der Waals surface area contributed by atoms with Crippen molar-refractivity contribution in [1.29, 1.82) is 0 Å². The number of fused-ring (bicyclic) bond motifs is 1. The predicted molar refractivity (Wildman–Crippen MR) is 67.6 cm³/mol. The van der Waals surface area contributed by atoms with Crippen molar-refractivity contribution in [2.75, 3.05) is 33.9 Å². The zero-order valence-corrected chi connectivity index (χ0v) is 10.5. The second-order valence-corrected chi connectivity index (χ2v) is 4.25. The molecule has 4 nitrogen and oxygen atoms in total. The fraction of sp³-hybridized carbons (Fsp3) is 0.538. The van der Waals surface area contributed by atoms with Gasteiger partial charge >= 0.3 is 0 Å². The van der Waals surface area contributed by atoms with Crippen LogP contribution in [0.2, 0.25) is 0 Å². The zero-order chi connectivity index (χ0) is 12.3. The van der Waals surface area contributed by atoms with Crippen molar-refractivity contribution < 1.29 is 9.47 Å². The van der Waals surface area contributed by atoms with Gasteiger partial charge in [-0.15, -0.1) is 0 Å². The molecule has 0 radical (unpaired) electrons. The van der Waals surface area contributed by atoms with Crippen molar-refractivity contribution in [1.82, 2.24) is 4.90 Å². The molecule has 0 unspecified atom stereocenters. The summed E-state index contributed by atoms with van der Waals surface area (Å²) in [6.07, 6.45) is 1.05. The number of nitrogens with two attached hydrogens (primary N) is 1. The molecule has 0 atom stereocenters. The average molecular weight is 236 g/mol. The molecule has 2 N–H and O–H groups in total. The van der Waals surface area contributed by atoms with E-state index in [1.54, 1.807) is 14.2 Å². The third-order valence-corrected chi connectivity index (χ3v) is 3.27. The van der Waals surface area contributed by atoms with Gasteiger partial charge in [-0.2, -0.15) is 0 Å². The van der Waals surface area contributed by atoms with E-state index in [2.05, 4.69) is 11.0 Å². The molecule has 94 valence electrons. The first-order valence-electron chi connectivity index (χ1n) is 5.95. The van der Waals surface area contributed by atoms with Crippen LogP contribution in [0, 0.1) is 0 Å². The summed E-state index contributed by atoms with van der Waals surface area (Å²) in [5, 5.41) is 0. The second-order valence-electron chi connectivity index (χ2n) is 4.25. The van der Waals surface area contributed by atoms with E-state index in [-0.39, 0.29) is 0 Å². The van der Waals surface area contributed by atoms with Crippen LogP contribution in [-0.2, 0) is 13.0 Å². The van der Waals surface area contributed by atoms with Crippen molar-refractivity contribution in [2.45, 2.75) is 13.0 Å². The fourth-order valence-electron chi connectivity index (χ4n) is 2.39. The van der Waals surface area contributed by atoms with E-state index in [9.17, 15) is 0 Å². The first-order valence-corrected chi connectivity index (χ1v) is 5.95. The molecule has 2 rings (SSSR count). The predicted octanol–water partition coefficient (Wildman–Crippen LogP) is 1.02. The van der Waals surface area contributed by atoms with Crippen molar-refractivity contribution >= 4 is 0 Å². The Morgan fingerprint density at radius 3 is 2.76 bits per heavy atom. The van der Waals surface area contributed by atoms with E-state index in [0.29, 0.717) is 6.54 Å². The molecule has 4 heteroatoms. The molecule has 1 aromatic rings. The van der Waals surface area contributed by atoms with E-state index in [4.69, 9.17) is 15.2 Å². The Balaban J connectivity index is 2.32. The Bertz CT molecular complexity index is 393. The molecule has 0 spiro atoms. The van der Waals surface area contributed by atoms with Crippen LogP contribution in [0.1, 0.15) is 11.1 Å². The Morgan fingerprint density at radius 1 is 1.29 bits per heavy atom. The number of nitrogens with zero attached hydrogens (tertiary/aromatic N) is 1. The smallest absolute Gasteiger partial charge is 0.165 e. The average Bonchev–Trinajstić information content (AvgIpc) is 2.37. The third-order valence-electron chi connectivity index (χ3n) is 3.27. The minimum atomic E-state index is 0.696. The van der Waals surface area contributed by atoms with Crippen LogP contribution < -0.4 is 15.2 Å². The van der Waals surface area contributed by atoms with Crippen LogP contribution in [0.5, 0.6) is 11.5 Å². The number of rotatable bonds is 4. The fourth-order valence-corrected chi connectivity index (χ4v) is 2.39. The SMILES string of the molecule is COc1ccc2c(c1OC)CN(CCN)CC2. The molecular weight excluding hydrogens is 216 g/mol. The lowest BCUT2D eigenvalue weighted by Crippen LogP contribution is -2.34. The van der Waals surface area contributed by atoms with Gasteiger partial charge in [0.05, 0.1) is 14.2 Å². The summed E-state index contributed by atoms with van der Waals surface area (Å²) in [7, 11) is 3.37. The summed E-state index contributed by atoms with van der Waals surface area (Å²) in [5.41, 5.74) is 8.21. The molecule has 0 saturated heterocycles.